The first-order valence-electron chi connectivity index (χ1n) is 7.54. The predicted molar refractivity (Wildman–Crippen MR) is 86.7 cm³/mol. The molecule has 1 aliphatic heterocycles. The Morgan fingerprint density at radius 3 is 2.20 bits per heavy atom. The monoisotopic (exact) mass is 335 g/mol. The summed E-state index contributed by atoms with van der Waals surface area (Å²) >= 11 is 0. The number of hydrogen-bond donors (Lipinski definition) is 1. The molecular formula is C16H13N7O2. The maximum Gasteiger partial charge on any atom is 0.262 e. The summed E-state index contributed by atoms with van der Waals surface area (Å²) in [6.45, 7) is 1.69. The van der Waals surface area contributed by atoms with Crippen molar-refractivity contribution in [3.05, 3.63) is 59.7 Å². The van der Waals surface area contributed by atoms with Crippen LogP contribution in [0.1, 0.15) is 39.5 Å². The molecule has 1 unspecified atom stereocenters. The number of amides is 2. The molecule has 0 spiro atoms. The van der Waals surface area contributed by atoms with Gasteiger partial charge in [0.25, 0.3) is 17.8 Å². The average Bonchev–Trinajstić information content (AvgIpc) is 3.14. The number of aromatic nitrogens is 5. The highest BCUT2D eigenvalue weighted by Gasteiger charge is 2.40. The molecule has 3 heterocycles. The molecule has 124 valence electrons. The SMILES string of the molecule is CC(c1nc(N)nn1-c1ncccn1)N1C(=O)c2ccccc2C1=O. The van der Waals surface area contributed by atoms with E-state index in [1.807, 2.05) is 0 Å². The van der Waals surface area contributed by atoms with Crippen molar-refractivity contribution in [3.63, 3.8) is 0 Å². The van der Waals surface area contributed by atoms with Crippen molar-refractivity contribution in [2.75, 3.05) is 5.73 Å². The Morgan fingerprint density at radius 1 is 1.00 bits per heavy atom. The minimum atomic E-state index is -0.694. The van der Waals surface area contributed by atoms with E-state index in [1.54, 1.807) is 49.6 Å². The minimum absolute atomic E-state index is 0.00547. The van der Waals surface area contributed by atoms with E-state index in [1.165, 1.54) is 4.68 Å². The highest BCUT2D eigenvalue weighted by molar-refractivity contribution is 6.21. The van der Waals surface area contributed by atoms with Gasteiger partial charge in [-0.05, 0) is 25.1 Å². The number of nitrogens with zero attached hydrogens (tertiary/aromatic N) is 6. The van der Waals surface area contributed by atoms with Gasteiger partial charge >= 0.3 is 0 Å². The second kappa shape index (κ2) is 5.48. The van der Waals surface area contributed by atoms with E-state index < -0.39 is 6.04 Å². The normalized spacial score (nSPS) is 14.7. The third kappa shape index (κ3) is 2.24. The number of imide groups is 1. The van der Waals surface area contributed by atoms with Gasteiger partial charge < -0.3 is 5.73 Å². The van der Waals surface area contributed by atoms with E-state index in [4.69, 9.17) is 5.73 Å². The molecule has 1 aromatic carbocycles. The zero-order chi connectivity index (χ0) is 17.6. The number of carbonyl (C=O) groups excluding carboxylic acids is 2. The maximum atomic E-state index is 12.7. The maximum absolute atomic E-state index is 12.7. The smallest absolute Gasteiger partial charge is 0.262 e. The van der Waals surface area contributed by atoms with Gasteiger partial charge in [0.05, 0.1) is 17.2 Å². The van der Waals surface area contributed by atoms with Gasteiger partial charge in [0.15, 0.2) is 5.82 Å². The Morgan fingerprint density at radius 2 is 1.60 bits per heavy atom. The van der Waals surface area contributed by atoms with Crippen molar-refractivity contribution < 1.29 is 9.59 Å². The Bertz CT molecular complexity index is 948. The fourth-order valence-corrected chi connectivity index (χ4v) is 2.83. The lowest BCUT2D eigenvalue weighted by atomic mass is 10.1. The Labute approximate surface area is 142 Å². The number of nitrogen functional groups attached to an aromatic ring is 1. The van der Waals surface area contributed by atoms with Gasteiger partial charge in [-0.3, -0.25) is 14.5 Å². The van der Waals surface area contributed by atoms with Crippen molar-refractivity contribution in [2.24, 2.45) is 0 Å². The molecule has 1 atom stereocenters. The van der Waals surface area contributed by atoms with Crippen LogP contribution in [0, 0.1) is 0 Å². The summed E-state index contributed by atoms with van der Waals surface area (Å²) in [6.07, 6.45) is 3.10. The van der Waals surface area contributed by atoms with Crippen molar-refractivity contribution in [1.29, 1.82) is 0 Å². The van der Waals surface area contributed by atoms with E-state index >= 15 is 0 Å². The molecule has 0 radical (unpaired) electrons. The summed E-state index contributed by atoms with van der Waals surface area (Å²) in [4.78, 5) is 38.9. The number of nitrogens with two attached hydrogens (primary N) is 1. The van der Waals surface area contributed by atoms with Crippen LogP contribution in [0.5, 0.6) is 0 Å². The van der Waals surface area contributed by atoms with Crippen LogP contribution in [0.4, 0.5) is 5.95 Å². The third-order valence-corrected chi connectivity index (χ3v) is 3.98. The first-order valence-corrected chi connectivity index (χ1v) is 7.54. The van der Waals surface area contributed by atoms with Gasteiger partial charge in [0.2, 0.25) is 5.95 Å². The molecule has 1 aliphatic rings. The highest BCUT2D eigenvalue weighted by atomic mass is 16.2. The van der Waals surface area contributed by atoms with E-state index in [0.717, 1.165) is 4.90 Å². The zero-order valence-electron chi connectivity index (χ0n) is 13.2. The molecule has 0 saturated carbocycles. The van der Waals surface area contributed by atoms with Crippen LogP contribution in [0.15, 0.2) is 42.7 Å². The standard InChI is InChI=1S/C16H13N7O2/c1-9(22-13(24)10-5-2-3-6-11(10)14(22)25)12-20-15(17)21-23(12)16-18-7-4-8-19-16/h2-9H,1H3,(H2,17,21). The number of rotatable bonds is 3. The predicted octanol–water partition coefficient (Wildman–Crippen LogP) is 0.997. The lowest BCUT2D eigenvalue weighted by Crippen LogP contribution is -2.34. The van der Waals surface area contributed by atoms with E-state index in [2.05, 4.69) is 20.1 Å². The third-order valence-electron chi connectivity index (χ3n) is 3.98. The van der Waals surface area contributed by atoms with Gasteiger partial charge in [-0.15, -0.1) is 5.10 Å². The zero-order valence-corrected chi connectivity index (χ0v) is 13.2. The number of hydrogen-bond acceptors (Lipinski definition) is 7. The van der Waals surface area contributed by atoms with Gasteiger partial charge in [-0.25, -0.2) is 9.97 Å². The molecule has 9 nitrogen and oxygen atoms in total. The van der Waals surface area contributed by atoms with Crippen LogP contribution in [0.25, 0.3) is 5.95 Å². The number of fused-ring (bicyclic) bond motifs is 1. The molecule has 0 aliphatic carbocycles. The summed E-state index contributed by atoms with van der Waals surface area (Å²) in [5.74, 6) is -0.195. The summed E-state index contributed by atoms with van der Waals surface area (Å²) < 4.78 is 1.34. The summed E-state index contributed by atoms with van der Waals surface area (Å²) in [6, 6.07) is 7.66. The molecular weight excluding hydrogens is 322 g/mol. The quantitative estimate of drug-likeness (QED) is 0.709. The first kappa shape index (κ1) is 14.9. The fraction of sp³-hybridized carbons (Fsp3) is 0.125. The van der Waals surface area contributed by atoms with E-state index in [-0.39, 0.29) is 23.7 Å². The Balaban J connectivity index is 1.78. The molecule has 2 N–H and O–H groups in total. The van der Waals surface area contributed by atoms with Crippen molar-refractivity contribution in [1.82, 2.24) is 29.6 Å². The van der Waals surface area contributed by atoms with Crippen LogP contribution >= 0.6 is 0 Å². The topological polar surface area (TPSA) is 120 Å². The summed E-state index contributed by atoms with van der Waals surface area (Å²) in [5.41, 5.74) is 6.46. The lowest BCUT2D eigenvalue weighted by molar-refractivity contribution is 0.0587. The molecule has 9 heteroatoms. The number of carbonyl (C=O) groups is 2. The van der Waals surface area contributed by atoms with E-state index in [9.17, 15) is 9.59 Å². The minimum Gasteiger partial charge on any atom is -0.366 e. The Kier molecular flexibility index (Phi) is 3.27. The molecule has 25 heavy (non-hydrogen) atoms. The van der Waals surface area contributed by atoms with Crippen LogP contribution < -0.4 is 5.73 Å². The molecule has 2 aromatic heterocycles. The van der Waals surface area contributed by atoms with Gasteiger partial charge in [0, 0.05) is 12.4 Å². The molecule has 0 bridgehead atoms. The fourth-order valence-electron chi connectivity index (χ4n) is 2.83. The van der Waals surface area contributed by atoms with Crippen molar-refractivity contribution >= 4 is 17.8 Å². The summed E-state index contributed by atoms with van der Waals surface area (Å²) in [7, 11) is 0. The lowest BCUT2D eigenvalue weighted by Gasteiger charge is -2.21. The highest BCUT2D eigenvalue weighted by Crippen LogP contribution is 2.31. The van der Waals surface area contributed by atoms with Crippen LogP contribution in [0.3, 0.4) is 0 Å². The number of benzene rings is 1. The average molecular weight is 335 g/mol. The largest absolute Gasteiger partial charge is 0.366 e. The van der Waals surface area contributed by atoms with Crippen LogP contribution in [-0.4, -0.2) is 41.4 Å². The first-order chi connectivity index (χ1) is 12.1. The van der Waals surface area contributed by atoms with E-state index in [0.29, 0.717) is 17.0 Å². The van der Waals surface area contributed by atoms with Crippen LogP contribution in [-0.2, 0) is 0 Å². The van der Waals surface area contributed by atoms with Crippen molar-refractivity contribution in [2.45, 2.75) is 13.0 Å². The molecule has 2 amide bonds. The molecule has 0 saturated heterocycles. The van der Waals surface area contributed by atoms with Crippen LogP contribution in [0.2, 0.25) is 0 Å². The van der Waals surface area contributed by atoms with Gasteiger partial charge in [-0.2, -0.15) is 9.67 Å². The van der Waals surface area contributed by atoms with Gasteiger partial charge in [0.1, 0.15) is 0 Å². The molecule has 3 aromatic rings. The molecule has 0 fully saturated rings. The molecule has 4 rings (SSSR count). The second-order valence-corrected chi connectivity index (χ2v) is 5.49. The second-order valence-electron chi connectivity index (χ2n) is 5.49. The van der Waals surface area contributed by atoms with Gasteiger partial charge in [-0.1, -0.05) is 12.1 Å². The van der Waals surface area contributed by atoms with Crippen molar-refractivity contribution in [3.8, 4) is 5.95 Å². The summed E-state index contributed by atoms with van der Waals surface area (Å²) in [5, 5.41) is 4.08. The number of anilines is 1. The Hall–Kier alpha value is -3.62.